The van der Waals surface area contributed by atoms with E-state index in [1.807, 2.05) is 0 Å². The molecule has 0 amide bonds. The van der Waals surface area contributed by atoms with Gasteiger partial charge in [-0.25, -0.2) is 17.6 Å². The molecule has 0 aliphatic heterocycles. The molecule has 0 radical (unpaired) electrons. The summed E-state index contributed by atoms with van der Waals surface area (Å²) in [6, 6.07) is 3.44. The highest BCUT2D eigenvalue weighted by Crippen LogP contribution is 2.38. The van der Waals surface area contributed by atoms with E-state index in [1.54, 1.807) is 7.05 Å². The normalized spacial score (nSPS) is 20.9. The second kappa shape index (κ2) is 6.12. The van der Waals surface area contributed by atoms with Gasteiger partial charge in [0.25, 0.3) is 0 Å². The Balaban J connectivity index is 2.02. The van der Waals surface area contributed by atoms with Crippen LogP contribution in [0.1, 0.15) is 31.2 Å². The molecule has 1 aromatic rings. The van der Waals surface area contributed by atoms with E-state index < -0.39 is 17.6 Å². The molecule has 1 fully saturated rings. The van der Waals surface area contributed by atoms with Crippen molar-refractivity contribution in [2.75, 3.05) is 7.05 Å². The Kier molecular flexibility index (Phi) is 4.68. The lowest BCUT2D eigenvalue weighted by Crippen LogP contribution is -2.39. The number of hydrogen-bond donors (Lipinski definition) is 1. The third-order valence-electron chi connectivity index (χ3n) is 4.16. The lowest BCUT2D eigenvalue weighted by molar-refractivity contribution is -0.0493. The van der Waals surface area contributed by atoms with Crippen molar-refractivity contribution in [3.05, 3.63) is 35.4 Å². The molecular weight excluding hydrogens is 270 g/mol. The third-order valence-corrected chi connectivity index (χ3v) is 4.16. The minimum atomic E-state index is -2.56. The quantitative estimate of drug-likeness (QED) is 0.828. The smallest absolute Gasteiger partial charge is 0.248 e. The number of benzene rings is 1. The summed E-state index contributed by atoms with van der Waals surface area (Å²) in [6.45, 7) is 0. The molecular formula is C15H19F4N. The first-order valence-electron chi connectivity index (χ1n) is 6.90. The SMILES string of the molecule is CNC(Cc1ccc(F)cc1F)C1CCC(F)(F)CC1. The van der Waals surface area contributed by atoms with E-state index in [0.717, 1.165) is 6.07 Å². The Labute approximate surface area is 116 Å². The minimum absolute atomic E-state index is 0.0638. The van der Waals surface area contributed by atoms with E-state index in [9.17, 15) is 17.6 Å². The van der Waals surface area contributed by atoms with E-state index in [4.69, 9.17) is 0 Å². The van der Waals surface area contributed by atoms with E-state index in [0.29, 0.717) is 24.8 Å². The van der Waals surface area contributed by atoms with Crippen LogP contribution in [0.5, 0.6) is 0 Å². The first-order chi connectivity index (χ1) is 9.41. The molecule has 1 aliphatic rings. The van der Waals surface area contributed by atoms with Gasteiger partial charge in [-0.3, -0.25) is 0 Å². The van der Waals surface area contributed by atoms with Crippen molar-refractivity contribution >= 4 is 0 Å². The molecule has 112 valence electrons. The zero-order chi connectivity index (χ0) is 14.8. The largest absolute Gasteiger partial charge is 0.316 e. The molecule has 0 bridgehead atoms. The Morgan fingerprint density at radius 2 is 1.90 bits per heavy atom. The van der Waals surface area contributed by atoms with E-state index >= 15 is 0 Å². The van der Waals surface area contributed by atoms with Gasteiger partial charge in [-0.2, -0.15) is 0 Å². The summed E-state index contributed by atoms with van der Waals surface area (Å²) >= 11 is 0. The van der Waals surface area contributed by atoms with Crippen LogP contribution >= 0.6 is 0 Å². The van der Waals surface area contributed by atoms with Crippen LogP contribution in [0.3, 0.4) is 0 Å². The lowest BCUT2D eigenvalue weighted by atomic mass is 9.80. The van der Waals surface area contributed by atoms with Crippen molar-refractivity contribution in [2.24, 2.45) is 5.92 Å². The average molecular weight is 289 g/mol. The third kappa shape index (κ3) is 3.72. The fraction of sp³-hybridized carbons (Fsp3) is 0.600. The number of alkyl halides is 2. The molecule has 1 atom stereocenters. The molecule has 5 heteroatoms. The van der Waals surface area contributed by atoms with Gasteiger partial charge in [-0.15, -0.1) is 0 Å². The monoisotopic (exact) mass is 289 g/mol. The molecule has 1 N–H and O–H groups in total. The van der Waals surface area contributed by atoms with Gasteiger partial charge in [0, 0.05) is 24.9 Å². The average Bonchev–Trinajstić information content (AvgIpc) is 2.39. The molecule has 0 heterocycles. The van der Waals surface area contributed by atoms with Crippen LogP contribution in [0.15, 0.2) is 18.2 Å². The summed E-state index contributed by atoms with van der Waals surface area (Å²) in [5, 5.41) is 3.08. The van der Waals surface area contributed by atoms with Crippen LogP contribution in [-0.2, 0) is 6.42 Å². The molecule has 2 rings (SSSR count). The van der Waals surface area contributed by atoms with Gasteiger partial charge in [0.05, 0.1) is 0 Å². The van der Waals surface area contributed by atoms with Crippen molar-refractivity contribution in [2.45, 2.75) is 44.1 Å². The predicted molar refractivity (Wildman–Crippen MR) is 69.8 cm³/mol. The number of rotatable bonds is 4. The van der Waals surface area contributed by atoms with Crippen molar-refractivity contribution in [1.82, 2.24) is 5.32 Å². The van der Waals surface area contributed by atoms with Crippen molar-refractivity contribution in [3.8, 4) is 0 Å². The Morgan fingerprint density at radius 3 is 2.45 bits per heavy atom. The zero-order valence-electron chi connectivity index (χ0n) is 11.4. The van der Waals surface area contributed by atoms with Gasteiger partial charge < -0.3 is 5.32 Å². The van der Waals surface area contributed by atoms with Gasteiger partial charge in [0.15, 0.2) is 0 Å². The number of likely N-dealkylation sites (N-methyl/N-ethyl adjacent to an activating group) is 1. The van der Waals surface area contributed by atoms with Crippen molar-refractivity contribution in [1.29, 1.82) is 0 Å². The number of nitrogens with one attached hydrogen (secondary N) is 1. The highest BCUT2D eigenvalue weighted by Gasteiger charge is 2.37. The summed E-state index contributed by atoms with van der Waals surface area (Å²) in [7, 11) is 1.75. The standard InChI is InChI=1S/C15H19F4N/c1-20-14(10-4-6-15(18,19)7-5-10)8-11-2-3-12(16)9-13(11)17/h2-3,9-10,14,20H,4-8H2,1H3. The van der Waals surface area contributed by atoms with Crippen molar-refractivity contribution in [3.63, 3.8) is 0 Å². The second-order valence-electron chi connectivity index (χ2n) is 5.53. The summed E-state index contributed by atoms with van der Waals surface area (Å²) in [6.07, 6.45) is 1.03. The summed E-state index contributed by atoms with van der Waals surface area (Å²) in [5.74, 6) is -3.64. The molecule has 0 aromatic heterocycles. The molecule has 0 spiro atoms. The molecule has 0 saturated heterocycles. The van der Waals surface area contributed by atoms with Crippen LogP contribution < -0.4 is 5.32 Å². The van der Waals surface area contributed by atoms with Crippen molar-refractivity contribution < 1.29 is 17.6 Å². The van der Waals surface area contributed by atoms with Gasteiger partial charge in [0.2, 0.25) is 5.92 Å². The van der Waals surface area contributed by atoms with Crippen LogP contribution in [0.2, 0.25) is 0 Å². The lowest BCUT2D eigenvalue weighted by Gasteiger charge is -2.33. The highest BCUT2D eigenvalue weighted by atomic mass is 19.3. The maximum Gasteiger partial charge on any atom is 0.248 e. The molecule has 20 heavy (non-hydrogen) atoms. The Hall–Kier alpha value is -1.10. The summed E-state index contributed by atoms with van der Waals surface area (Å²) < 4.78 is 52.8. The first kappa shape index (κ1) is 15.3. The van der Waals surface area contributed by atoms with E-state index in [-0.39, 0.29) is 24.8 Å². The van der Waals surface area contributed by atoms with Gasteiger partial charge in [-0.1, -0.05) is 6.07 Å². The van der Waals surface area contributed by atoms with Crippen LogP contribution in [0, 0.1) is 17.6 Å². The highest BCUT2D eigenvalue weighted by molar-refractivity contribution is 5.20. The maximum atomic E-state index is 13.6. The minimum Gasteiger partial charge on any atom is -0.316 e. The topological polar surface area (TPSA) is 12.0 Å². The number of halogens is 4. The van der Waals surface area contributed by atoms with Crippen LogP contribution in [-0.4, -0.2) is 19.0 Å². The fourth-order valence-electron chi connectivity index (χ4n) is 2.89. The Morgan fingerprint density at radius 1 is 1.25 bits per heavy atom. The predicted octanol–water partition coefficient (Wildman–Crippen LogP) is 3.92. The molecule has 1 unspecified atom stereocenters. The van der Waals surface area contributed by atoms with Gasteiger partial charge >= 0.3 is 0 Å². The van der Waals surface area contributed by atoms with Gasteiger partial charge in [0.1, 0.15) is 11.6 Å². The van der Waals surface area contributed by atoms with Gasteiger partial charge in [-0.05, 0) is 43.9 Å². The molecule has 1 aromatic carbocycles. The summed E-state index contributed by atoms with van der Waals surface area (Å²) in [4.78, 5) is 0. The zero-order valence-corrected chi connectivity index (χ0v) is 11.4. The number of hydrogen-bond acceptors (Lipinski definition) is 1. The van der Waals surface area contributed by atoms with Crippen LogP contribution in [0.25, 0.3) is 0 Å². The Bertz CT molecular complexity index is 451. The second-order valence-corrected chi connectivity index (χ2v) is 5.53. The van der Waals surface area contributed by atoms with E-state index in [2.05, 4.69) is 5.32 Å². The molecule has 1 nitrogen and oxygen atoms in total. The molecule has 1 aliphatic carbocycles. The van der Waals surface area contributed by atoms with E-state index in [1.165, 1.54) is 12.1 Å². The first-order valence-corrected chi connectivity index (χ1v) is 6.90. The molecule has 1 saturated carbocycles. The maximum absolute atomic E-state index is 13.6. The fourth-order valence-corrected chi connectivity index (χ4v) is 2.89. The summed E-state index contributed by atoms with van der Waals surface area (Å²) in [5.41, 5.74) is 0.420. The van der Waals surface area contributed by atoms with Crippen LogP contribution in [0.4, 0.5) is 17.6 Å².